The van der Waals surface area contributed by atoms with E-state index in [-0.39, 0.29) is 0 Å². The molecule has 1 aliphatic heterocycles. The fraction of sp³-hybridized carbons (Fsp3) is 0. The lowest BCUT2D eigenvalue weighted by Gasteiger charge is -2.33. The normalized spacial score (nSPS) is 12.0. The summed E-state index contributed by atoms with van der Waals surface area (Å²) in [5, 5.41) is 16.6. The molecule has 5 nitrogen and oxygen atoms in total. The smallest absolute Gasteiger partial charge is 0.151 e. The second kappa shape index (κ2) is 14.4. The van der Waals surface area contributed by atoms with Gasteiger partial charge in [0.1, 0.15) is 0 Å². The van der Waals surface area contributed by atoms with Gasteiger partial charge in [-0.3, -0.25) is 15.5 Å². The molecule has 11 aromatic rings. The molecular formula is C57H38N4O. The number of ether oxygens (including phenoxy) is 1. The minimum atomic E-state index is 0.453. The third-order valence-corrected chi connectivity index (χ3v) is 12.2. The topological polar surface area (TPSA) is 53.3 Å². The molecule has 0 bridgehead atoms. The van der Waals surface area contributed by atoms with E-state index < -0.39 is 0 Å². The maximum absolute atomic E-state index is 9.52. The Hall–Kier alpha value is -8.41. The lowest BCUT2D eigenvalue weighted by molar-refractivity contribution is 0.477. The van der Waals surface area contributed by atoms with E-state index in [1.807, 2.05) is 36.4 Å². The average Bonchev–Trinajstić information content (AvgIpc) is 3.65. The predicted molar refractivity (Wildman–Crippen MR) is 258 cm³/mol. The number of fused-ring (bicyclic) bond motifs is 8. The highest BCUT2D eigenvalue weighted by atomic mass is 16.5. The van der Waals surface area contributed by atoms with Gasteiger partial charge in [0.25, 0.3) is 0 Å². The molecule has 0 atom stereocenters. The van der Waals surface area contributed by atoms with Gasteiger partial charge >= 0.3 is 0 Å². The van der Waals surface area contributed by atoms with E-state index in [0.29, 0.717) is 5.71 Å². The van der Waals surface area contributed by atoms with E-state index in [0.717, 1.165) is 78.5 Å². The van der Waals surface area contributed by atoms with E-state index in [9.17, 15) is 5.41 Å². The Morgan fingerprint density at radius 3 is 1.97 bits per heavy atom. The van der Waals surface area contributed by atoms with Crippen LogP contribution in [0.2, 0.25) is 0 Å². The molecule has 0 unspecified atom stereocenters. The number of aromatic nitrogens is 1. The molecule has 0 spiro atoms. The monoisotopic (exact) mass is 794 g/mol. The number of benzene rings is 10. The maximum atomic E-state index is 9.52. The first-order valence-corrected chi connectivity index (χ1v) is 20.9. The van der Waals surface area contributed by atoms with E-state index in [1.165, 1.54) is 32.5 Å². The minimum absolute atomic E-state index is 0.453. The first-order chi connectivity index (χ1) is 30.7. The Morgan fingerprint density at radius 2 is 1.10 bits per heavy atom. The SMILES string of the molecule is N=C(c1ccc(-c2cccc3ccccc23)cc1)c1ccccc1Nn1c2ccc(-c3ccc4c(c3)N(c3ccccc3)c3ccccc3O4)cc2c2c3ccccc3ccc21. The maximum Gasteiger partial charge on any atom is 0.151 e. The first-order valence-electron chi connectivity index (χ1n) is 20.9. The van der Waals surface area contributed by atoms with Gasteiger partial charge in [0, 0.05) is 27.6 Å². The Kier molecular flexibility index (Phi) is 8.25. The number of anilines is 4. The van der Waals surface area contributed by atoms with Crippen molar-refractivity contribution in [1.29, 1.82) is 5.41 Å². The summed E-state index contributed by atoms with van der Waals surface area (Å²) in [6, 6.07) is 76.3. The molecule has 0 aliphatic carbocycles. The lowest BCUT2D eigenvalue weighted by Crippen LogP contribution is -2.15. The van der Waals surface area contributed by atoms with Gasteiger partial charge in [-0.15, -0.1) is 0 Å². The molecule has 2 heterocycles. The van der Waals surface area contributed by atoms with Gasteiger partial charge in [-0.2, -0.15) is 0 Å². The van der Waals surface area contributed by atoms with Gasteiger partial charge in [-0.25, -0.2) is 0 Å². The van der Waals surface area contributed by atoms with Crippen molar-refractivity contribution >= 4 is 71.8 Å². The molecule has 62 heavy (non-hydrogen) atoms. The molecule has 1 aliphatic rings. The summed E-state index contributed by atoms with van der Waals surface area (Å²) in [6.07, 6.45) is 0. The molecule has 0 saturated heterocycles. The van der Waals surface area contributed by atoms with Crippen LogP contribution in [0.1, 0.15) is 11.1 Å². The van der Waals surface area contributed by atoms with Crippen LogP contribution in [0.5, 0.6) is 11.5 Å². The second-order valence-corrected chi connectivity index (χ2v) is 15.8. The Labute approximate surface area is 358 Å². The number of nitrogens with one attached hydrogen (secondary N) is 2. The van der Waals surface area contributed by atoms with Crippen molar-refractivity contribution in [3.05, 3.63) is 230 Å². The van der Waals surface area contributed by atoms with Crippen molar-refractivity contribution < 1.29 is 4.74 Å². The van der Waals surface area contributed by atoms with Crippen molar-refractivity contribution in [3.8, 4) is 33.8 Å². The highest BCUT2D eigenvalue weighted by Gasteiger charge is 2.26. The van der Waals surface area contributed by atoms with Gasteiger partial charge in [-0.1, -0.05) is 158 Å². The van der Waals surface area contributed by atoms with Crippen LogP contribution >= 0.6 is 0 Å². The number of nitrogens with zero attached hydrogens (tertiary/aromatic N) is 2. The summed E-state index contributed by atoms with van der Waals surface area (Å²) in [4.78, 5) is 2.29. The zero-order chi connectivity index (χ0) is 41.1. The van der Waals surface area contributed by atoms with Crippen LogP contribution in [-0.2, 0) is 0 Å². The Bertz CT molecular complexity index is 3550. The van der Waals surface area contributed by atoms with Gasteiger partial charge in [0.2, 0.25) is 0 Å². The predicted octanol–water partition coefficient (Wildman–Crippen LogP) is 15.3. The highest BCUT2D eigenvalue weighted by Crippen LogP contribution is 2.51. The summed E-state index contributed by atoms with van der Waals surface area (Å²) in [5.41, 5.74) is 16.5. The third kappa shape index (κ3) is 5.82. The van der Waals surface area contributed by atoms with Gasteiger partial charge in [0.05, 0.1) is 33.8 Å². The van der Waals surface area contributed by atoms with E-state index in [1.54, 1.807) is 0 Å². The fourth-order valence-electron chi connectivity index (χ4n) is 9.25. The summed E-state index contributed by atoms with van der Waals surface area (Å²) in [6.45, 7) is 0. The molecule has 0 fully saturated rings. The zero-order valence-corrected chi connectivity index (χ0v) is 33.6. The third-order valence-electron chi connectivity index (χ3n) is 12.2. The second-order valence-electron chi connectivity index (χ2n) is 15.8. The van der Waals surface area contributed by atoms with Crippen LogP contribution in [0, 0.1) is 5.41 Å². The van der Waals surface area contributed by atoms with Crippen molar-refractivity contribution in [2.45, 2.75) is 0 Å². The zero-order valence-electron chi connectivity index (χ0n) is 33.6. The van der Waals surface area contributed by atoms with Crippen LogP contribution in [0.3, 0.4) is 0 Å². The molecule has 12 rings (SSSR count). The molecule has 1 aromatic heterocycles. The molecular weight excluding hydrogens is 757 g/mol. The van der Waals surface area contributed by atoms with E-state index in [2.05, 4.69) is 197 Å². The highest BCUT2D eigenvalue weighted by molar-refractivity contribution is 6.22. The van der Waals surface area contributed by atoms with Crippen LogP contribution in [0.25, 0.3) is 65.6 Å². The largest absolute Gasteiger partial charge is 0.453 e. The van der Waals surface area contributed by atoms with Crippen molar-refractivity contribution in [1.82, 2.24) is 4.68 Å². The van der Waals surface area contributed by atoms with Crippen LogP contribution in [-0.4, -0.2) is 10.4 Å². The standard InChI is InChI=1S/C57H38N4O/c58-57(40-27-25-39(26-28-40)45-21-12-15-37-13-4-6-18-44(37)45)47-20-8-9-22-49(47)59-61-50-32-30-41(35-48(50)56-46-19-7-5-14-38(46)29-33-52(56)61)42-31-34-55-53(36-42)60(43-16-2-1-3-17-43)51-23-10-11-24-54(51)62-55/h1-36,58-59H. The van der Waals surface area contributed by atoms with Crippen molar-refractivity contribution in [3.63, 3.8) is 0 Å². The Balaban J connectivity index is 0.948. The molecule has 10 aromatic carbocycles. The average molecular weight is 795 g/mol. The molecule has 0 radical (unpaired) electrons. The number of para-hydroxylation sites is 4. The molecule has 0 amide bonds. The molecule has 0 saturated carbocycles. The van der Waals surface area contributed by atoms with E-state index >= 15 is 0 Å². The molecule has 5 heteroatoms. The molecule has 292 valence electrons. The van der Waals surface area contributed by atoms with Gasteiger partial charge < -0.3 is 9.64 Å². The van der Waals surface area contributed by atoms with Crippen LogP contribution in [0.4, 0.5) is 22.7 Å². The quantitative estimate of drug-likeness (QED) is 0.158. The van der Waals surface area contributed by atoms with Crippen LogP contribution in [0.15, 0.2) is 218 Å². The molecule has 2 N–H and O–H groups in total. The first kappa shape index (κ1) is 35.5. The summed E-state index contributed by atoms with van der Waals surface area (Å²) in [7, 11) is 0. The summed E-state index contributed by atoms with van der Waals surface area (Å²) < 4.78 is 8.67. The van der Waals surface area contributed by atoms with Gasteiger partial charge in [0.15, 0.2) is 11.5 Å². The van der Waals surface area contributed by atoms with Gasteiger partial charge in [-0.05, 0) is 104 Å². The van der Waals surface area contributed by atoms with Crippen LogP contribution < -0.4 is 15.1 Å². The fourth-order valence-corrected chi connectivity index (χ4v) is 9.25. The lowest BCUT2D eigenvalue weighted by atomic mass is 9.95. The number of hydrogen-bond donors (Lipinski definition) is 2. The minimum Gasteiger partial charge on any atom is -0.453 e. The van der Waals surface area contributed by atoms with Crippen molar-refractivity contribution in [2.24, 2.45) is 0 Å². The summed E-state index contributed by atoms with van der Waals surface area (Å²) in [5.74, 6) is 1.64. The number of hydrogen-bond acceptors (Lipinski definition) is 4. The number of rotatable bonds is 7. The summed E-state index contributed by atoms with van der Waals surface area (Å²) >= 11 is 0. The van der Waals surface area contributed by atoms with E-state index in [4.69, 9.17) is 4.74 Å². The Morgan fingerprint density at radius 1 is 0.452 bits per heavy atom. The van der Waals surface area contributed by atoms with Crippen molar-refractivity contribution in [2.75, 3.05) is 10.3 Å².